The van der Waals surface area contributed by atoms with Crippen LogP contribution in [0.3, 0.4) is 0 Å². The maximum Gasteiger partial charge on any atom is 0.319 e. The number of aliphatic carboxylic acids is 1. The Morgan fingerprint density at radius 1 is 1.33 bits per heavy atom. The molecule has 1 aromatic carbocycles. The van der Waals surface area contributed by atoms with Gasteiger partial charge in [0, 0.05) is 6.54 Å². The molecule has 0 saturated carbocycles. The summed E-state index contributed by atoms with van der Waals surface area (Å²) in [5, 5.41) is 14.3. The van der Waals surface area contributed by atoms with E-state index >= 15 is 0 Å². The van der Waals surface area contributed by atoms with Crippen molar-refractivity contribution >= 4 is 63.7 Å². The van der Waals surface area contributed by atoms with Gasteiger partial charge in [-0.1, -0.05) is 30.1 Å². The van der Waals surface area contributed by atoms with Crippen molar-refractivity contribution in [3.63, 3.8) is 0 Å². The van der Waals surface area contributed by atoms with Crippen LogP contribution in [0.2, 0.25) is 10.0 Å². The highest BCUT2D eigenvalue weighted by molar-refractivity contribution is 7.00. The summed E-state index contributed by atoms with van der Waals surface area (Å²) < 4.78 is 8.06. The number of carbonyl (C=O) groups is 2. The fraction of sp³-hybridized carbons (Fsp3) is 0.273. The molecule has 0 spiro atoms. The first-order valence-corrected chi connectivity index (χ1v) is 7.26. The highest BCUT2D eigenvalue weighted by Crippen LogP contribution is 2.35. The highest BCUT2D eigenvalue weighted by Gasteiger charge is 2.17. The molecule has 3 N–H and O–H groups in total. The van der Waals surface area contributed by atoms with Gasteiger partial charge in [-0.15, -0.1) is 0 Å². The Morgan fingerprint density at radius 3 is 2.67 bits per heavy atom. The van der Waals surface area contributed by atoms with Gasteiger partial charge >= 0.3 is 12.0 Å². The second-order valence-corrected chi connectivity index (χ2v) is 5.59. The summed E-state index contributed by atoms with van der Waals surface area (Å²) in [5.41, 5.74) is 1.12. The molecule has 0 radical (unpaired) electrons. The van der Waals surface area contributed by atoms with E-state index in [9.17, 15) is 9.59 Å². The van der Waals surface area contributed by atoms with E-state index in [1.54, 1.807) is 0 Å². The first kappa shape index (κ1) is 15.7. The van der Waals surface area contributed by atoms with E-state index in [2.05, 4.69) is 19.4 Å². The van der Waals surface area contributed by atoms with Crippen LogP contribution in [0.15, 0.2) is 6.07 Å². The summed E-state index contributed by atoms with van der Waals surface area (Å²) in [6.45, 7) is 1.48. The predicted molar refractivity (Wildman–Crippen MR) is 81.3 cm³/mol. The zero-order chi connectivity index (χ0) is 15.6. The third-order valence-corrected chi connectivity index (χ3v) is 3.79. The van der Waals surface area contributed by atoms with Crippen molar-refractivity contribution in [1.29, 1.82) is 0 Å². The molecule has 112 valence electrons. The summed E-state index contributed by atoms with van der Waals surface area (Å²) in [5.74, 6) is -1.69. The molecule has 1 atom stereocenters. The Morgan fingerprint density at radius 2 is 2.00 bits per heavy atom. The van der Waals surface area contributed by atoms with E-state index in [4.69, 9.17) is 28.3 Å². The van der Waals surface area contributed by atoms with E-state index in [1.807, 2.05) is 0 Å². The summed E-state index contributed by atoms with van der Waals surface area (Å²) in [7, 11) is 0. The van der Waals surface area contributed by atoms with Crippen LogP contribution < -0.4 is 10.6 Å². The average molecular weight is 349 g/mol. The zero-order valence-electron chi connectivity index (χ0n) is 10.7. The number of hydrogen-bond donors (Lipinski definition) is 3. The van der Waals surface area contributed by atoms with Gasteiger partial charge in [-0.3, -0.25) is 4.79 Å². The Labute approximate surface area is 133 Å². The Hall–Kier alpha value is -1.64. The maximum absolute atomic E-state index is 11.8. The van der Waals surface area contributed by atoms with Gasteiger partial charge in [0.05, 0.1) is 33.4 Å². The van der Waals surface area contributed by atoms with Crippen LogP contribution >= 0.6 is 34.9 Å². The van der Waals surface area contributed by atoms with Crippen LogP contribution in [0.5, 0.6) is 0 Å². The second kappa shape index (κ2) is 6.42. The minimum atomic E-state index is -0.995. The number of carboxylic acids is 1. The molecule has 0 aliphatic carbocycles. The smallest absolute Gasteiger partial charge is 0.319 e. The molecule has 2 rings (SSSR count). The topological polar surface area (TPSA) is 104 Å². The number of hydrogen-bond acceptors (Lipinski definition) is 5. The molecule has 0 saturated heterocycles. The number of carboxylic acid groups (broad SMARTS) is 1. The fourth-order valence-corrected chi connectivity index (χ4v) is 2.64. The number of fused-ring (bicyclic) bond motifs is 1. The van der Waals surface area contributed by atoms with Crippen LogP contribution in [0.25, 0.3) is 11.0 Å². The van der Waals surface area contributed by atoms with E-state index in [-0.39, 0.29) is 17.3 Å². The number of aromatic nitrogens is 2. The number of carbonyl (C=O) groups excluding carboxylic acids is 1. The molecule has 0 fully saturated rings. The molecule has 2 aromatic rings. The van der Waals surface area contributed by atoms with Gasteiger partial charge in [0.15, 0.2) is 0 Å². The second-order valence-electron chi connectivity index (χ2n) is 4.25. The van der Waals surface area contributed by atoms with Gasteiger partial charge in [-0.05, 0) is 6.07 Å². The summed E-state index contributed by atoms with van der Waals surface area (Å²) >= 11 is 13.0. The molecular weight excluding hydrogens is 339 g/mol. The Bertz CT molecular complexity index is 706. The van der Waals surface area contributed by atoms with E-state index in [0.29, 0.717) is 16.1 Å². The molecule has 0 aliphatic rings. The fourth-order valence-electron chi connectivity index (χ4n) is 1.48. The van der Waals surface area contributed by atoms with Crippen LogP contribution in [-0.4, -0.2) is 32.4 Å². The summed E-state index contributed by atoms with van der Waals surface area (Å²) in [6, 6.07) is 0.879. The first-order valence-electron chi connectivity index (χ1n) is 5.78. The average Bonchev–Trinajstić information content (AvgIpc) is 2.90. The van der Waals surface area contributed by atoms with Crippen molar-refractivity contribution in [2.24, 2.45) is 5.92 Å². The monoisotopic (exact) mass is 348 g/mol. The lowest BCUT2D eigenvalue weighted by Crippen LogP contribution is -2.34. The lowest BCUT2D eigenvalue weighted by Gasteiger charge is -2.11. The molecule has 0 aliphatic heterocycles. The predicted octanol–water partition coefficient (Wildman–Crippen LogP) is 2.84. The van der Waals surface area contributed by atoms with Crippen molar-refractivity contribution in [3.05, 3.63) is 16.1 Å². The van der Waals surface area contributed by atoms with Gasteiger partial charge in [0.1, 0.15) is 11.0 Å². The summed E-state index contributed by atoms with van der Waals surface area (Å²) in [4.78, 5) is 22.5. The van der Waals surface area contributed by atoms with Crippen molar-refractivity contribution in [1.82, 2.24) is 14.1 Å². The first-order chi connectivity index (χ1) is 9.90. The minimum Gasteiger partial charge on any atom is -0.481 e. The van der Waals surface area contributed by atoms with Gasteiger partial charge in [-0.25, -0.2) is 4.79 Å². The lowest BCUT2D eigenvalue weighted by atomic mass is 10.2. The lowest BCUT2D eigenvalue weighted by molar-refractivity contribution is -0.140. The standard InChI is InChI=1S/C11H10Cl2N4O3S/c1-4(10(18)19)3-14-11(20)15-7-5(12)2-6(13)8-9(7)17-21-16-8/h2,4H,3H2,1H3,(H,18,19)(H2,14,15,20). The number of halogens is 2. The van der Waals surface area contributed by atoms with E-state index in [1.165, 1.54) is 13.0 Å². The van der Waals surface area contributed by atoms with Gasteiger partial charge in [0.2, 0.25) is 0 Å². The maximum atomic E-state index is 11.8. The van der Waals surface area contributed by atoms with Crippen LogP contribution in [0.1, 0.15) is 6.92 Å². The number of rotatable bonds is 4. The van der Waals surface area contributed by atoms with Crippen molar-refractivity contribution < 1.29 is 14.7 Å². The zero-order valence-corrected chi connectivity index (χ0v) is 13.0. The Kier molecular flexibility index (Phi) is 4.81. The van der Waals surface area contributed by atoms with E-state index in [0.717, 1.165) is 11.7 Å². The quantitative estimate of drug-likeness (QED) is 0.787. The minimum absolute atomic E-state index is 0.00909. The number of nitrogens with zero attached hydrogens (tertiary/aromatic N) is 2. The molecule has 1 heterocycles. The summed E-state index contributed by atoms with van der Waals surface area (Å²) in [6.07, 6.45) is 0. The number of urea groups is 1. The highest BCUT2D eigenvalue weighted by atomic mass is 35.5. The van der Waals surface area contributed by atoms with Gasteiger partial charge in [0.25, 0.3) is 0 Å². The molecule has 1 aromatic heterocycles. The van der Waals surface area contributed by atoms with Crippen LogP contribution in [0, 0.1) is 5.92 Å². The van der Waals surface area contributed by atoms with Gasteiger partial charge in [-0.2, -0.15) is 8.75 Å². The van der Waals surface area contributed by atoms with Gasteiger partial charge < -0.3 is 15.7 Å². The molecule has 10 heteroatoms. The van der Waals surface area contributed by atoms with E-state index < -0.39 is 17.9 Å². The molecule has 1 unspecified atom stereocenters. The number of anilines is 1. The molecule has 2 amide bonds. The number of nitrogens with one attached hydrogen (secondary N) is 2. The molecule has 21 heavy (non-hydrogen) atoms. The molecule has 7 nitrogen and oxygen atoms in total. The molecular formula is C11H10Cl2N4O3S. The van der Waals surface area contributed by atoms with Crippen molar-refractivity contribution in [2.45, 2.75) is 6.92 Å². The molecule has 0 bridgehead atoms. The third kappa shape index (κ3) is 3.52. The largest absolute Gasteiger partial charge is 0.481 e. The number of benzene rings is 1. The number of amides is 2. The van der Waals surface area contributed by atoms with Crippen molar-refractivity contribution in [3.8, 4) is 0 Å². The van der Waals surface area contributed by atoms with Crippen LogP contribution in [0.4, 0.5) is 10.5 Å². The third-order valence-electron chi connectivity index (χ3n) is 2.67. The SMILES string of the molecule is CC(CNC(=O)Nc1c(Cl)cc(Cl)c2nsnc12)C(=O)O. The van der Waals surface area contributed by atoms with Crippen molar-refractivity contribution in [2.75, 3.05) is 11.9 Å². The normalized spacial score (nSPS) is 12.1. The van der Waals surface area contributed by atoms with Crippen LogP contribution in [-0.2, 0) is 4.79 Å². The Balaban J connectivity index is 2.14.